The molecule has 0 unspecified atom stereocenters. The SMILES string of the molecule is C(=Cc1ccccc1)c1ccccc1.O=C(O)c1ccccc1.O=C(O)c1ccccc1. The lowest BCUT2D eigenvalue weighted by molar-refractivity contribution is 0.0686. The number of aromatic carboxylic acids is 2. The van der Waals surface area contributed by atoms with Crippen LogP contribution in [0.25, 0.3) is 12.2 Å². The van der Waals surface area contributed by atoms with E-state index in [2.05, 4.69) is 36.4 Å². The van der Waals surface area contributed by atoms with Crippen molar-refractivity contribution in [2.75, 3.05) is 0 Å². The molecule has 0 aromatic heterocycles. The lowest BCUT2D eigenvalue weighted by Gasteiger charge is -1.92. The summed E-state index contributed by atoms with van der Waals surface area (Å²) in [4.78, 5) is 20.4. The summed E-state index contributed by atoms with van der Waals surface area (Å²) in [6.07, 6.45) is 4.24. The summed E-state index contributed by atoms with van der Waals surface area (Å²) < 4.78 is 0. The van der Waals surface area contributed by atoms with Gasteiger partial charge in [-0.2, -0.15) is 0 Å². The minimum atomic E-state index is -0.879. The van der Waals surface area contributed by atoms with Gasteiger partial charge in [0, 0.05) is 0 Å². The second-order valence-electron chi connectivity index (χ2n) is 6.50. The maximum atomic E-state index is 10.2. The summed E-state index contributed by atoms with van der Waals surface area (Å²) in [6, 6.07) is 37.2. The molecule has 0 aliphatic carbocycles. The van der Waals surface area contributed by atoms with Crippen molar-refractivity contribution in [1.29, 1.82) is 0 Å². The van der Waals surface area contributed by atoms with E-state index in [0.717, 1.165) is 0 Å². The van der Waals surface area contributed by atoms with Gasteiger partial charge in [-0.1, -0.05) is 109 Å². The van der Waals surface area contributed by atoms with Crippen molar-refractivity contribution in [1.82, 2.24) is 0 Å². The van der Waals surface area contributed by atoms with Gasteiger partial charge in [0.25, 0.3) is 0 Å². The molecule has 0 radical (unpaired) electrons. The standard InChI is InChI=1S/C14H12.2C7H6O2/c1-3-7-13(8-4-1)11-12-14-9-5-2-6-10-14;2*8-7(9)6-4-2-1-3-5-6/h1-12H;2*1-5H,(H,8,9). The third-order valence-corrected chi connectivity index (χ3v) is 4.11. The molecule has 4 aromatic rings. The van der Waals surface area contributed by atoms with Crippen molar-refractivity contribution in [3.05, 3.63) is 144 Å². The molecule has 4 rings (SSSR count). The summed E-state index contributed by atoms with van der Waals surface area (Å²) in [5, 5.41) is 16.8. The third kappa shape index (κ3) is 9.37. The Balaban J connectivity index is 0.000000178. The topological polar surface area (TPSA) is 74.6 Å². The summed E-state index contributed by atoms with van der Waals surface area (Å²) >= 11 is 0. The molecule has 0 heterocycles. The van der Waals surface area contributed by atoms with E-state index in [0.29, 0.717) is 11.1 Å². The molecule has 0 amide bonds. The summed E-state index contributed by atoms with van der Waals surface area (Å²) in [5.41, 5.74) is 3.13. The van der Waals surface area contributed by atoms with Crippen LogP contribution in [0.2, 0.25) is 0 Å². The first-order valence-corrected chi connectivity index (χ1v) is 9.91. The minimum absolute atomic E-state index is 0.331. The van der Waals surface area contributed by atoms with Crippen LogP contribution in [0.5, 0.6) is 0 Å². The van der Waals surface area contributed by atoms with Crippen LogP contribution in [0.4, 0.5) is 0 Å². The first-order chi connectivity index (χ1) is 15.6. The summed E-state index contributed by atoms with van der Waals surface area (Å²) in [6.45, 7) is 0. The van der Waals surface area contributed by atoms with E-state index in [1.807, 2.05) is 36.4 Å². The highest BCUT2D eigenvalue weighted by atomic mass is 16.4. The largest absolute Gasteiger partial charge is 0.478 e. The number of carboxylic acids is 2. The van der Waals surface area contributed by atoms with E-state index in [1.54, 1.807) is 60.7 Å². The molecule has 2 N–H and O–H groups in total. The Morgan fingerprint density at radius 3 is 0.906 bits per heavy atom. The highest BCUT2D eigenvalue weighted by Gasteiger charge is 1.97. The fourth-order valence-corrected chi connectivity index (χ4v) is 2.48. The predicted molar refractivity (Wildman–Crippen MR) is 129 cm³/mol. The summed E-state index contributed by atoms with van der Waals surface area (Å²) in [7, 11) is 0. The Hall–Kier alpha value is -4.44. The normalized spacial score (nSPS) is 9.62. The highest BCUT2D eigenvalue weighted by Crippen LogP contribution is 2.07. The zero-order valence-electron chi connectivity index (χ0n) is 17.4. The van der Waals surface area contributed by atoms with Gasteiger partial charge >= 0.3 is 11.9 Å². The van der Waals surface area contributed by atoms with Gasteiger partial charge in [0.05, 0.1) is 11.1 Å². The van der Waals surface area contributed by atoms with Gasteiger partial charge in [-0.05, 0) is 35.4 Å². The Morgan fingerprint density at radius 2 is 0.688 bits per heavy atom. The fraction of sp³-hybridized carbons (Fsp3) is 0. The maximum absolute atomic E-state index is 10.2. The van der Waals surface area contributed by atoms with E-state index < -0.39 is 11.9 Å². The predicted octanol–water partition coefficient (Wildman–Crippen LogP) is 6.63. The molecule has 0 spiro atoms. The molecule has 0 fully saturated rings. The average Bonchev–Trinajstić information content (AvgIpc) is 2.86. The minimum Gasteiger partial charge on any atom is -0.478 e. The van der Waals surface area contributed by atoms with Gasteiger partial charge in [0.15, 0.2) is 0 Å². The molecular formula is C28H24O4. The van der Waals surface area contributed by atoms with Crippen molar-refractivity contribution >= 4 is 24.1 Å². The zero-order valence-corrected chi connectivity index (χ0v) is 17.4. The monoisotopic (exact) mass is 424 g/mol. The van der Waals surface area contributed by atoms with E-state index >= 15 is 0 Å². The van der Waals surface area contributed by atoms with Gasteiger partial charge in [-0.3, -0.25) is 0 Å². The number of benzene rings is 4. The molecule has 0 saturated carbocycles. The summed E-state index contributed by atoms with van der Waals surface area (Å²) in [5.74, 6) is -1.76. The van der Waals surface area contributed by atoms with Crippen molar-refractivity contribution in [3.8, 4) is 0 Å². The quantitative estimate of drug-likeness (QED) is 0.361. The molecule has 160 valence electrons. The maximum Gasteiger partial charge on any atom is 0.335 e. The van der Waals surface area contributed by atoms with Crippen LogP contribution in [0.3, 0.4) is 0 Å². The number of carboxylic acid groups (broad SMARTS) is 2. The highest BCUT2D eigenvalue weighted by molar-refractivity contribution is 5.87. The van der Waals surface area contributed by atoms with Crippen LogP contribution in [-0.4, -0.2) is 22.2 Å². The molecule has 32 heavy (non-hydrogen) atoms. The molecule has 4 aromatic carbocycles. The van der Waals surface area contributed by atoms with E-state index in [1.165, 1.54) is 11.1 Å². The van der Waals surface area contributed by atoms with Crippen LogP contribution < -0.4 is 0 Å². The van der Waals surface area contributed by atoms with Gasteiger partial charge < -0.3 is 10.2 Å². The molecule has 0 atom stereocenters. The van der Waals surface area contributed by atoms with E-state index in [4.69, 9.17) is 10.2 Å². The molecule has 0 saturated heterocycles. The lowest BCUT2D eigenvalue weighted by atomic mass is 10.1. The Morgan fingerprint density at radius 1 is 0.438 bits per heavy atom. The lowest BCUT2D eigenvalue weighted by Crippen LogP contribution is -1.93. The number of hydrogen-bond acceptors (Lipinski definition) is 2. The van der Waals surface area contributed by atoms with Crippen LogP contribution in [0, 0.1) is 0 Å². The Bertz CT molecular complexity index is 1000. The Labute approximate surface area is 187 Å². The van der Waals surface area contributed by atoms with Crippen LogP contribution >= 0.6 is 0 Å². The van der Waals surface area contributed by atoms with E-state index in [-0.39, 0.29) is 0 Å². The zero-order chi connectivity index (χ0) is 23.0. The number of carbonyl (C=O) groups is 2. The molecule has 4 nitrogen and oxygen atoms in total. The van der Waals surface area contributed by atoms with Gasteiger partial charge in [0.1, 0.15) is 0 Å². The van der Waals surface area contributed by atoms with Crippen LogP contribution in [0.1, 0.15) is 31.8 Å². The third-order valence-electron chi connectivity index (χ3n) is 4.11. The van der Waals surface area contributed by atoms with Crippen LogP contribution in [-0.2, 0) is 0 Å². The fourth-order valence-electron chi connectivity index (χ4n) is 2.48. The smallest absolute Gasteiger partial charge is 0.335 e. The Kier molecular flexibility index (Phi) is 10.2. The first-order valence-electron chi connectivity index (χ1n) is 9.91. The molecule has 0 aliphatic heterocycles. The van der Waals surface area contributed by atoms with Crippen molar-refractivity contribution < 1.29 is 19.8 Å². The van der Waals surface area contributed by atoms with Gasteiger partial charge in [-0.15, -0.1) is 0 Å². The first kappa shape index (κ1) is 23.8. The molecular weight excluding hydrogens is 400 g/mol. The second kappa shape index (κ2) is 13.7. The van der Waals surface area contributed by atoms with Crippen molar-refractivity contribution in [3.63, 3.8) is 0 Å². The number of rotatable bonds is 4. The molecule has 4 heteroatoms. The van der Waals surface area contributed by atoms with Crippen molar-refractivity contribution in [2.45, 2.75) is 0 Å². The number of hydrogen-bond donors (Lipinski definition) is 2. The van der Waals surface area contributed by atoms with Crippen LogP contribution in [0.15, 0.2) is 121 Å². The molecule has 0 bridgehead atoms. The second-order valence-corrected chi connectivity index (χ2v) is 6.50. The van der Waals surface area contributed by atoms with E-state index in [9.17, 15) is 9.59 Å². The van der Waals surface area contributed by atoms with Crippen molar-refractivity contribution in [2.24, 2.45) is 0 Å². The van der Waals surface area contributed by atoms with Gasteiger partial charge in [-0.25, -0.2) is 9.59 Å². The average molecular weight is 424 g/mol. The molecule has 0 aliphatic rings. The van der Waals surface area contributed by atoms with Gasteiger partial charge in [0.2, 0.25) is 0 Å².